The van der Waals surface area contributed by atoms with E-state index >= 15 is 0 Å². The highest BCUT2D eigenvalue weighted by atomic mass is 16.6. The minimum Gasteiger partial charge on any atom is -0.358 e. The summed E-state index contributed by atoms with van der Waals surface area (Å²) in [6.07, 6.45) is 12.6. The Morgan fingerprint density at radius 3 is 2.75 bits per heavy atom. The van der Waals surface area contributed by atoms with Crippen LogP contribution in [0.15, 0.2) is 55.1 Å². The Morgan fingerprint density at radius 1 is 1.14 bits per heavy atom. The van der Waals surface area contributed by atoms with Crippen LogP contribution >= 0.6 is 0 Å². The van der Waals surface area contributed by atoms with Crippen molar-refractivity contribution in [3.8, 4) is 0 Å². The molecular weight excluding hydrogens is 458 g/mol. The molecular formula is C25H29N9O2. The molecule has 5 rings (SSSR count). The molecule has 1 saturated heterocycles. The number of imidazole rings is 2. The molecule has 3 aromatic heterocycles. The first-order valence-corrected chi connectivity index (χ1v) is 12.1. The predicted molar refractivity (Wildman–Crippen MR) is 135 cm³/mol. The number of piperidine rings is 1. The summed E-state index contributed by atoms with van der Waals surface area (Å²) in [5.74, 6) is 1.70. The van der Waals surface area contributed by atoms with Crippen LogP contribution in [-0.4, -0.2) is 57.0 Å². The van der Waals surface area contributed by atoms with E-state index in [1.165, 1.54) is 18.2 Å². The van der Waals surface area contributed by atoms with Gasteiger partial charge in [0.25, 0.3) is 0 Å². The fourth-order valence-corrected chi connectivity index (χ4v) is 4.72. The number of rotatable bonds is 9. The first-order chi connectivity index (χ1) is 17.6. The summed E-state index contributed by atoms with van der Waals surface area (Å²) >= 11 is 0. The van der Waals surface area contributed by atoms with Crippen LogP contribution in [0.25, 0.3) is 12.2 Å². The highest BCUT2D eigenvalue weighted by Gasteiger charge is 2.22. The maximum absolute atomic E-state index is 11.6. The molecule has 1 atom stereocenters. The Labute approximate surface area is 208 Å². The van der Waals surface area contributed by atoms with E-state index < -0.39 is 4.92 Å². The van der Waals surface area contributed by atoms with Gasteiger partial charge >= 0.3 is 5.82 Å². The van der Waals surface area contributed by atoms with Crippen LogP contribution in [0.2, 0.25) is 0 Å². The quantitative estimate of drug-likeness (QED) is 0.263. The molecule has 1 fully saturated rings. The number of aromatic nitrogens is 7. The zero-order chi connectivity index (χ0) is 24.9. The lowest BCUT2D eigenvalue weighted by molar-refractivity contribution is -0.392. The average molecular weight is 488 g/mol. The fourth-order valence-electron chi connectivity index (χ4n) is 4.72. The lowest BCUT2D eigenvalue weighted by Crippen LogP contribution is -2.34. The molecule has 1 aliphatic rings. The molecule has 36 heavy (non-hydrogen) atoms. The molecule has 1 unspecified atom stereocenters. The molecule has 0 saturated carbocycles. The van der Waals surface area contributed by atoms with Crippen molar-refractivity contribution in [2.75, 3.05) is 13.1 Å². The number of likely N-dealkylation sites (tertiary alicyclic amines) is 1. The zero-order valence-corrected chi connectivity index (χ0v) is 20.2. The van der Waals surface area contributed by atoms with E-state index in [0.29, 0.717) is 24.8 Å². The second-order valence-corrected chi connectivity index (χ2v) is 9.07. The van der Waals surface area contributed by atoms with E-state index in [9.17, 15) is 10.1 Å². The minimum absolute atomic E-state index is 0.0601. The van der Waals surface area contributed by atoms with Crippen molar-refractivity contribution in [3.63, 3.8) is 0 Å². The molecule has 0 N–H and O–H groups in total. The maximum atomic E-state index is 11.6. The van der Waals surface area contributed by atoms with Gasteiger partial charge in [-0.05, 0) is 41.9 Å². The summed E-state index contributed by atoms with van der Waals surface area (Å²) in [7, 11) is 1.88. The molecule has 1 aliphatic heterocycles. The van der Waals surface area contributed by atoms with Crippen LogP contribution in [0.1, 0.15) is 41.7 Å². The van der Waals surface area contributed by atoms with Gasteiger partial charge in [-0.15, -0.1) is 5.10 Å². The van der Waals surface area contributed by atoms with E-state index in [1.807, 2.05) is 24.0 Å². The zero-order valence-electron chi connectivity index (χ0n) is 20.2. The monoisotopic (exact) mass is 487 g/mol. The first-order valence-electron chi connectivity index (χ1n) is 12.1. The van der Waals surface area contributed by atoms with E-state index in [0.717, 1.165) is 37.6 Å². The number of nitrogens with zero attached hydrogens (tertiary/aromatic N) is 9. The van der Waals surface area contributed by atoms with Crippen molar-refractivity contribution in [2.45, 2.75) is 38.4 Å². The summed E-state index contributed by atoms with van der Waals surface area (Å²) in [5.41, 5.74) is 2.29. The normalized spacial score (nSPS) is 16.6. The Bertz CT molecular complexity index is 1340. The van der Waals surface area contributed by atoms with Gasteiger partial charge in [0.1, 0.15) is 18.6 Å². The number of benzene rings is 1. The summed E-state index contributed by atoms with van der Waals surface area (Å²) in [5, 5.41) is 20.2. The molecule has 0 aliphatic carbocycles. The van der Waals surface area contributed by atoms with Gasteiger partial charge in [-0.2, -0.15) is 0 Å². The van der Waals surface area contributed by atoms with Crippen LogP contribution < -0.4 is 0 Å². The Kier molecular flexibility index (Phi) is 6.99. The van der Waals surface area contributed by atoms with Gasteiger partial charge in [-0.1, -0.05) is 35.5 Å². The highest BCUT2D eigenvalue weighted by Crippen LogP contribution is 2.27. The molecule has 4 heterocycles. The standard InChI is InChI=1S/C25H29N9O2/c1-30-13-11-26-23(30)9-10-24-27-16-25(34(35)36)33(24)15-14-32-19-22(28-29-32)18-31-12-5-8-21(17-31)20-6-3-2-4-7-20/h2-4,6-7,9-11,13,16,19,21H,5,8,12,14-15,17-18H2,1H3. The average Bonchev–Trinajstić information content (AvgIpc) is 3.62. The van der Waals surface area contributed by atoms with Crippen LogP contribution in [0.3, 0.4) is 0 Å². The number of hydrogen-bond acceptors (Lipinski definition) is 7. The van der Waals surface area contributed by atoms with Gasteiger partial charge in [0.2, 0.25) is 5.82 Å². The Morgan fingerprint density at radius 2 is 1.97 bits per heavy atom. The summed E-state index contributed by atoms with van der Waals surface area (Å²) < 4.78 is 5.18. The van der Waals surface area contributed by atoms with Gasteiger partial charge < -0.3 is 14.7 Å². The first kappa shape index (κ1) is 23.6. The second kappa shape index (κ2) is 10.6. The third-order valence-corrected chi connectivity index (χ3v) is 6.59. The van der Waals surface area contributed by atoms with Crippen LogP contribution in [0, 0.1) is 10.1 Å². The third-order valence-electron chi connectivity index (χ3n) is 6.59. The smallest absolute Gasteiger partial charge is 0.343 e. The van der Waals surface area contributed by atoms with Crippen LogP contribution in [0.5, 0.6) is 0 Å². The largest absolute Gasteiger partial charge is 0.358 e. The second-order valence-electron chi connectivity index (χ2n) is 9.07. The maximum Gasteiger partial charge on any atom is 0.343 e. The predicted octanol–water partition coefficient (Wildman–Crippen LogP) is 3.37. The number of hydrogen-bond donors (Lipinski definition) is 0. The summed E-state index contributed by atoms with van der Waals surface area (Å²) in [6.45, 7) is 3.58. The molecule has 0 radical (unpaired) electrons. The molecule has 0 bridgehead atoms. The third kappa shape index (κ3) is 5.41. The fraction of sp³-hybridized carbons (Fsp3) is 0.360. The lowest BCUT2D eigenvalue weighted by atomic mass is 9.90. The van der Waals surface area contributed by atoms with Gasteiger partial charge in [0, 0.05) is 44.8 Å². The van der Waals surface area contributed by atoms with Gasteiger partial charge in [-0.25, -0.2) is 19.2 Å². The van der Waals surface area contributed by atoms with Gasteiger partial charge in [-0.3, -0.25) is 4.90 Å². The van der Waals surface area contributed by atoms with Gasteiger partial charge in [0.15, 0.2) is 0 Å². The van der Waals surface area contributed by atoms with E-state index in [2.05, 4.69) is 55.5 Å². The Balaban J connectivity index is 1.23. The van der Waals surface area contributed by atoms with Crippen molar-refractivity contribution in [3.05, 3.63) is 88.1 Å². The number of nitro groups is 1. The summed E-state index contributed by atoms with van der Waals surface area (Å²) in [4.78, 5) is 22.0. The molecule has 0 amide bonds. The highest BCUT2D eigenvalue weighted by molar-refractivity contribution is 5.64. The lowest BCUT2D eigenvalue weighted by Gasteiger charge is -2.32. The summed E-state index contributed by atoms with van der Waals surface area (Å²) in [6, 6.07) is 10.7. The van der Waals surface area contributed by atoms with Crippen molar-refractivity contribution < 1.29 is 4.92 Å². The minimum atomic E-state index is -0.419. The van der Waals surface area contributed by atoms with Crippen LogP contribution in [-0.2, 0) is 26.7 Å². The molecule has 11 heteroatoms. The molecule has 0 spiro atoms. The van der Waals surface area contributed by atoms with Crippen LogP contribution in [0.4, 0.5) is 5.82 Å². The Hall–Kier alpha value is -4.12. The van der Waals surface area contributed by atoms with Crippen molar-refractivity contribution in [1.29, 1.82) is 0 Å². The van der Waals surface area contributed by atoms with Crippen molar-refractivity contribution in [2.24, 2.45) is 7.05 Å². The molecule has 186 valence electrons. The van der Waals surface area contributed by atoms with Crippen molar-refractivity contribution in [1.82, 2.24) is 39.0 Å². The van der Waals surface area contributed by atoms with Gasteiger partial charge in [0.05, 0.1) is 12.2 Å². The van der Waals surface area contributed by atoms with E-state index in [1.54, 1.807) is 27.6 Å². The van der Waals surface area contributed by atoms with E-state index in [4.69, 9.17) is 0 Å². The van der Waals surface area contributed by atoms with E-state index in [-0.39, 0.29) is 5.82 Å². The SMILES string of the molecule is Cn1ccnc1C=Cc1ncc([N+](=O)[O-])n1CCn1cc(CN2CCCC(c3ccccc3)C2)nn1. The topological polar surface area (TPSA) is 113 Å². The molecule has 11 nitrogen and oxygen atoms in total. The molecule has 4 aromatic rings. The molecule has 1 aromatic carbocycles. The van der Waals surface area contributed by atoms with Crippen molar-refractivity contribution >= 4 is 18.0 Å². The number of aryl methyl sites for hydroxylation is 2.